The van der Waals surface area contributed by atoms with Gasteiger partial charge in [0, 0.05) is 42.0 Å². The minimum Gasteiger partial charge on any atom is -0.378 e. The second kappa shape index (κ2) is 13.6. The Bertz CT molecular complexity index is 2630. The fraction of sp³-hybridized carbons (Fsp3) is 0.368. The number of nitrogens with one attached hydrogen (secondary N) is 1. The molecule has 2 N–H and O–H groups in total. The van der Waals surface area contributed by atoms with Crippen molar-refractivity contribution in [2.45, 2.75) is 68.6 Å². The summed E-state index contributed by atoms with van der Waals surface area (Å²) in [6, 6.07) is 6.32. The molecule has 1 fully saturated rings. The van der Waals surface area contributed by atoms with Crippen LogP contribution < -0.4 is 5.32 Å². The Labute approximate surface area is 319 Å². The van der Waals surface area contributed by atoms with Gasteiger partial charge >= 0.3 is 6.18 Å². The molecule has 19 heteroatoms. The normalized spacial score (nSPS) is 17.8. The second-order valence-corrected chi connectivity index (χ2v) is 17.0. The molecule has 1 saturated carbocycles. The van der Waals surface area contributed by atoms with Gasteiger partial charge in [-0.15, -0.1) is 0 Å². The van der Waals surface area contributed by atoms with Gasteiger partial charge < -0.3 is 10.4 Å². The maximum absolute atomic E-state index is 15.5. The van der Waals surface area contributed by atoms with Gasteiger partial charge in [0.05, 0.1) is 34.1 Å². The zero-order chi connectivity index (χ0) is 41.6. The van der Waals surface area contributed by atoms with Gasteiger partial charge in [-0.25, -0.2) is 26.6 Å². The van der Waals surface area contributed by atoms with E-state index in [0.717, 1.165) is 24.5 Å². The highest BCUT2D eigenvalue weighted by Crippen LogP contribution is 2.68. The van der Waals surface area contributed by atoms with E-state index in [4.69, 9.17) is 0 Å². The van der Waals surface area contributed by atoms with Crippen LogP contribution in [0.3, 0.4) is 0 Å². The molecule has 10 nitrogen and oxygen atoms in total. The molecule has 0 radical (unpaired) electrons. The summed E-state index contributed by atoms with van der Waals surface area (Å²) in [7, 11) is -2.28. The van der Waals surface area contributed by atoms with Crippen molar-refractivity contribution in [3.8, 4) is 23.0 Å². The molecule has 0 saturated heterocycles. The first kappa shape index (κ1) is 39.9. The number of hydrogen-bond donors (Lipinski definition) is 2. The van der Waals surface area contributed by atoms with Crippen molar-refractivity contribution in [2.24, 2.45) is 13.0 Å². The van der Waals surface area contributed by atoms with Gasteiger partial charge in [-0.2, -0.15) is 32.1 Å². The van der Waals surface area contributed by atoms with E-state index >= 15 is 13.2 Å². The molecular weight excluding hydrogens is 789 g/mol. The Morgan fingerprint density at radius 3 is 2.35 bits per heavy atom. The molecular formula is C38H32F8N6O4S. The van der Waals surface area contributed by atoms with Crippen LogP contribution in [0.1, 0.15) is 71.8 Å². The lowest BCUT2D eigenvalue weighted by Gasteiger charge is -2.23. The van der Waals surface area contributed by atoms with E-state index in [1.54, 1.807) is 0 Å². The number of benzene rings is 2. The number of aromatic nitrogens is 5. The zero-order valence-corrected chi connectivity index (χ0v) is 31.3. The molecule has 2 aliphatic carbocycles. The lowest BCUT2D eigenvalue weighted by molar-refractivity contribution is -0.142. The highest BCUT2D eigenvalue weighted by atomic mass is 32.2. The van der Waals surface area contributed by atoms with Crippen LogP contribution >= 0.6 is 0 Å². The number of aliphatic hydroxyl groups is 1. The maximum atomic E-state index is 15.5. The Balaban J connectivity index is 1.39. The smallest absolute Gasteiger partial charge is 0.378 e. The number of carbonyl (C=O) groups is 1. The third-order valence-electron chi connectivity index (χ3n) is 9.64. The molecule has 2 aromatic carbocycles. The molecule has 0 aliphatic heterocycles. The van der Waals surface area contributed by atoms with Gasteiger partial charge in [0.25, 0.3) is 5.92 Å². The van der Waals surface area contributed by atoms with Gasteiger partial charge in [-0.1, -0.05) is 5.92 Å². The van der Waals surface area contributed by atoms with E-state index < -0.39 is 104 Å². The SMILES string of the molecule is Cn1nc(CS(C)(=O)=O)c2c(F)ccc(-c3ccc(C#CC(C)(C)O)nc3[C@H](Cc3cc(F)cc(F)c3)NC(=O)Cn3nc(C(F)(F)F)c4c3C(F)(F)[C@@H]3C[C@H]43)c21. The van der Waals surface area contributed by atoms with Crippen LogP contribution in [0.5, 0.6) is 0 Å². The number of alkyl halides is 5. The minimum atomic E-state index is -5.10. The first-order valence-corrected chi connectivity index (χ1v) is 19.4. The summed E-state index contributed by atoms with van der Waals surface area (Å²) < 4.78 is 143. The summed E-state index contributed by atoms with van der Waals surface area (Å²) in [6.45, 7) is 1.67. The average Bonchev–Trinajstić information content (AvgIpc) is 3.61. The molecule has 0 unspecified atom stereocenters. The number of amides is 1. The predicted octanol–water partition coefficient (Wildman–Crippen LogP) is 6.24. The largest absolute Gasteiger partial charge is 0.435 e. The maximum Gasteiger partial charge on any atom is 0.435 e. The van der Waals surface area contributed by atoms with E-state index in [-0.39, 0.29) is 51.1 Å². The van der Waals surface area contributed by atoms with E-state index in [1.165, 1.54) is 43.8 Å². The average molecular weight is 821 g/mol. The standard InChI is InChI=1S/C38H32F8N6O4S/c1-36(2,54)10-9-21-5-6-22(23-7-8-26(41)31-28(17-57(4,55)56)49-51(3)33(23)31)32(47-21)27(13-18-11-19(39)14-20(40)12-18)48-29(53)16-52-35-30(34(50-52)38(44,45)46)24-15-25(24)37(35,42)43/h5-8,11-12,14,24-25,27,54H,13,15-17H2,1-4H3,(H,48,53)/t24-,25+,27-/m0/s1. The molecule has 57 heavy (non-hydrogen) atoms. The summed E-state index contributed by atoms with van der Waals surface area (Å²) in [6.07, 6.45) is -4.76. The number of carbonyl (C=O) groups excluding carboxylic acids is 1. The number of fused-ring (bicyclic) bond motifs is 4. The van der Waals surface area contributed by atoms with Gasteiger partial charge in [-0.3, -0.25) is 14.2 Å². The Morgan fingerprint density at radius 2 is 1.72 bits per heavy atom. The third kappa shape index (κ3) is 7.84. The summed E-state index contributed by atoms with van der Waals surface area (Å²) in [5.74, 6) is -5.42. The Kier molecular flexibility index (Phi) is 9.55. The lowest BCUT2D eigenvalue weighted by Crippen LogP contribution is -2.35. The predicted molar refractivity (Wildman–Crippen MR) is 189 cm³/mol. The fourth-order valence-corrected chi connectivity index (χ4v) is 8.13. The van der Waals surface area contributed by atoms with Crippen LogP contribution in [0.15, 0.2) is 42.5 Å². The van der Waals surface area contributed by atoms with Crippen LogP contribution in [0.25, 0.3) is 22.0 Å². The summed E-state index contributed by atoms with van der Waals surface area (Å²) in [5.41, 5.74) is -4.55. The monoisotopic (exact) mass is 820 g/mol. The van der Waals surface area contributed by atoms with E-state index in [0.29, 0.717) is 10.7 Å². The zero-order valence-electron chi connectivity index (χ0n) is 30.4. The minimum absolute atomic E-state index is 0.000237. The van der Waals surface area contributed by atoms with Gasteiger partial charge in [-0.05, 0) is 80.5 Å². The fourth-order valence-electron chi connectivity index (χ4n) is 7.43. The van der Waals surface area contributed by atoms with Crippen LogP contribution in [-0.4, -0.2) is 55.8 Å². The van der Waals surface area contributed by atoms with Crippen LogP contribution in [0, 0.1) is 35.2 Å². The van der Waals surface area contributed by atoms with Crippen molar-refractivity contribution in [1.29, 1.82) is 0 Å². The molecule has 0 bridgehead atoms. The van der Waals surface area contributed by atoms with E-state index in [1.807, 2.05) is 0 Å². The number of sulfone groups is 1. The first-order chi connectivity index (χ1) is 26.4. The topological polar surface area (TPSA) is 132 Å². The summed E-state index contributed by atoms with van der Waals surface area (Å²) >= 11 is 0. The van der Waals surface area contributed by atoms with Crippen LogP contribution in [0.2, 0.25) is 0 Å². The van der Waals surface area contributed by atoms with Crippen molar-refractivity contribution in [2.75, 3.05) is 6.26 Å². The van der Waals surface area contributed by atoms with Crippen molar-refractivity contribution in [3.05, 3.63) is 99.5 Å². The van der Waals surface area contributed by atoms with Gasteiger partial charge in [0.1, 0.15) is 41.0 Å². The number of halogens is 8. The molecule has 300 valence electrons. The Morgan fingerprint density at radius 1 is 1.05 bits per heavy atom. The molecule has 3 heterocycles. The number of rotatable bonds is 9. The van der Waals surface area contributed by atoms with Crippen LogP contribution in [0.4, 0.5) is 35.1 Å². The van der Waals surface area contributed by atoms with Gasteiger partial charge in [0.15, 0.2) is 15.5 Å². The summed E-state index contributed by atoms with van der Waals surface area (Å²) in [5, 5.41) is 20.4. The number of aryl methyl sites for hydroxylation is 1. The van der Waals surface area contributed by atoms with Crippen molar-refractivity contribution >= 4 is 26.6 Å². The number of nitrogens with zero attached hydrogens (tertiary/aromatic N) is 5. The number of hydrogen-bond acceptors (Lipinski definition) is 7. The Hall–Kier alpha value is -5.35. The van der Waals surface area contributed by atoms with Crippen LogP contribution in [-0.2, 0) is 52.5 Å². The van der Waals surface area contributed by atoms with E-state index in [9.17, 15) is 40.3 Å². The molecule has 1 amide bonds. The van der Waals surface area contributed by atoms with E-state index in [2.05, 4.69) is 32.3 Å². The van der Waals surface area contributed by atoms with Crippen molar-refractivity contribution < 1.29 is 53.4 Å². The quantitative estimate of drug-likeness (QED) is 0.133. The first-order valence-electron chi connectivity index (χ1n) is 17.3. The molecule has 0 spiro atoms. The summed E-state index contributed by atoms with van der Waals surface area (Å²) in [4.78, 5) is 18.5. The van der Waals surface area contributed by atoms with Crippen molar-refractivity contribution in [1.82, 2.24) is 29.9 Å². The molecule has 2 aliphatic rings. The molecule has 3 aromatic heterocycles. The highest BCUT2D eigenvalue weighted by molar-refractivity contribution is 7.89. The lowest BCUT2D eigenvalue weighted by atomic mass is 9.93. The van der Waals surface area contributed by atoms with Crippen molar-refractivity contribution in [3.63, 3.8) is 0 Å². The second-order valence-electron chi connectivity index (χ2n) is 14.8. The molecule has 5 aromatic rings. The number of pyridine rings is 1. The van der Waals surface area contributed by atoms with Gasteiger partial charge in [0.2, 0.25) is 5.91 Å². The highest BCUT2D eigenvalue weighted by Gasteiger charge is 2.68. The third-order valence-corrected chi connectivity index (χ3v) is 10.4. The molecule has 3 atom stereocenters. The molecule has 7 rings (SSSR count).